The average Bonchev–Trinajstić information content (AvgIpc) is 2.68. The number of anilines is 1. The number of carbonyl (C=O) groups excluding carboxylic acids is 1. The highest BCUT2D eigenvalue weighted by Crippen LogP contribution is 2.27. The van der Waals surface area contributed by atoms with Crippen molar-refractivity contribution in [1.82, 2.24) is 9.55 Å². The molecule has 1 atom stereocenters. The summed E-state index contributed by atoms with van der Waals surface area (Å²) in [4.78, 5) is 30.2. The second-order valence-corrected chi connectivity index (χ2v) is 8.26. The number of hydrogen-bond acceptors (Lipinski definition) is 4. The third-order valence-corrected chi connectivity index (χ3v) is 5.73. The number of hydrogen-bond donors (Lipinski definition) is 1. The van der Waals surface area contributed by atoms with E-state index in [0.717, 1.165) is 11.3 Å². The van der Waals surface area contributed by atoms with Crippen molar-refractivity contribution in [3.8, 4) is 0 Å². The first kappa shape index (κ1) is 20.1. The van der Waals surface area contributed by atoms with Gasteiger partial charge in [-0.25, -0.2) is 4.98 Å². The van der Waals surface area contributed by atoms with Crippen LogP contribution in [0.5, 0.6) is 0 Å². The summed E-state index contributed by atoms with van der Waals surface area (Å²) >= 11 is 1.31. The molecule has 0 aliphatic carbocycles. The van der Waals surface area contributed by atoms with Crippen LogP contribution in [0.3, 0.4) is 0 Å². The molecule has 0 saturated carbocycles. The lowest BCUT2D eigenvalue weighted by Crippen LogP contribution is -2.27. The zero-order valence-electron chi connectivity index (χ0n) is 16.6. The summed E-state index contributed by atoms with van der Waals surface area (Å²) in [5.74, 6) is 0.204. The van der Waals surface area contributed by atoms with Crippen LogP contribution in [-0.4, -0.2) is 20.7 Å². The number of para-hydroxylation sites is 2. The normalized spacial score (nSPS) is 12.3. The summed E-state index contributed by atoms with van der Waals surface area (Å²) in [6.07, 6.45) is 0. The molecule has 146 valence electrons. The molecule has 1 N–H and O–H groups in total. The van der Waals surface area contributed by atoms with Gasteiger partial charge in [0.25, 0.3) is 5.56 Å². The molecule has 2 aromatic carbocycles. The Morgan fingerprint density at radius 2 is 1.79 bits per heavy atom. The maximum Gasteiger partial charge on any atom is 0.262 e. The van der Waals surface area contributed by atoms with E-state index < -0.39 is 5.25 Å². The van der Waals surface area contributed by atoms with Crippen molar-refractivity contribution in [3.63, 3.8) is 0 Å². The van der Waals surface area contributed by atoms with Crippen LogP contribution in [0.25, 0.3) is 10.9 Å². The van der Waals surface area contributed by atoms with Crippen LogP contribution >= 0.6 is 11.8 Å². The van der Waals surface area contributed by atoms with Crippen LogP contribution in [0.15, 0.2) is 58.5 Å². The molecule has 0 aliphatic rings. The molecule has 6 heteroatoms. The van der Waals surface area contributed by atoms with Gasteiger partial charge in [0.05, 0.1) is 16.2 Å². The van der Waals surface area contributed by atoms with Crippen molar-refractivity contribution in [2.24, 2.45) is 0 Å². The van der Waals surface area contributed by atoms with E-state index in [-0.39, 0.29) is 11.5 Å². The number of nitrogens with one attached hydrogen (secondary N) is 1. The monoisotopic (exact) mass is 395 g/mol. The van der Waals surface area contributed by atoms with E-state index in [9.17, 15) is 9.59 Å². The lowest BCUT2D eigenvalue weighted by molar-refractivity contribution is -0.115. The summed E-state index contributed by atoms with van der Waals surface area (Å²) < 4.78 is 1.62. The summed E-state index contributed by atoms with van der Waals surface area (Å²) in [7, 11) is 0. The van der Waals surface area contributed by atoms with Gasteiger partial charge in [-0.2, -0.15) is 0 Å². The molecule has 5 nitrogen and oxygen atoms in total. The smallest absolute Gasteiger partial charge is 0.262 e. The van der Waals surface area contributed by atoms with Gasteiger partial charge in [0.1, 0.15) is 0 Å². The van der Waals surface area contributed by atoms with Gasteiger partial charge in [-0.15, -0.1) is 0 Å². The van der Waals surface area contributed by atoms with Gasteiger partial charge in [0, 0.05) is 12.2 Å². The maximum atomic E-state index is 12.8. The van der Waals surface area contributed by atoms with E-state index in [1.54, 1.807) is 10.6 Å². The fourth-order valence-corrected chi connectivity index (χ4v) is 4.05. The highest BCUT2D eigenvalue weighted by atomic mass is 32.2. The number of amides is 1. The van der Waals surface area contributed by atoms with Gasteiger partial charge in [0.2, 0.25) is 5.91 Å². The largest absolute Gasteiger partial charge is 0.325 e. The molecule has 0 spiro atoms. The number of rotatable bonds is 6. The Morgan fingerprint density at radius 1 is 1.11 bits per heavy atom. The van der Waals surface area contributed by atoms with Crippen LogP contribution in [-0.2, 0) is 11.3 Å². The lowest BCUT2D eigenvalue weighted by atomic mass is 10.0. The van der Waals surface area contributed by atoms with Crippen LogP contribution < -0.4 is 10.9 Å². The molecular weight excluding hydrogens is 370 g/mol. The molecule has 0 aliphatic heterocycles. The Balaban J connectivity index is 1.86. The van der Waals surface area contributed by atoms with E-state index in [1.165, 1.54) is 11.8 Å². The molecule has 3 rings (SSSR count). The molecule has 28 heavy (non-hydrogen) atoms. The molecule has 0 saturated heterocycles. The van der Waals surface area contributed by atoms with Crippen molar-refractivity contribution in [3.05, 3.63) is 64.4 Å². The Labute approximate surface area is 169 Å². The summed E-state index contributed by atoms with van der Waals surface area (Å²) in [5, 5.41) is 3.78. The Bertz CT molecular complexity index is 1060. The first-order valence-corrected chi connectivity index (χ1v) is 10.4. The van der Waals surface area contributed by atoms with Crippen LogP contribution in [0.2, 0.25) is 0 Å². The van der Waals surface area contributed by atoms with Crippen LogP contribution in [0.4, 0.5) is 5.69 Å². The minimum Gasteiger partial charge on any atom is -0.325 e. The molecule has 0 unspecified atom stereocenters. The number of benzene rings is 2. The number of thioether (sulfide) groups is 1. The minimum absolute atomic E-state index is 0.0756. The zero-order valence-corrected chi connectivity index (χ0v) is 17.4. The van der Waals surface area contributed by atoms with Gasteiger partial charge in [0.15, 0.2) is 5.16 Å². The van der Waals surface area contributed by atoms with Gasteiger partial charge in [-0.1, -0.05) is 55.9 Å². The van der Waals surface area contributed by atoms with Gasteiger partial charge < -0.3 is 5.32 Å². The lowest BCUT2D eigenvalue weighted by Gasteiger charge is -2.17. The molecule has 3 aromatic rings. The quantitative estimate of drug-likeness (QED) is 0.487. The number of fused-ring (bicyclic) bond motifs is 1. The molecule has 0 bridgehead atoms. The van der Waals surface area contributed by atoms with Crippen molar-refractivity contribution in [1.29, 1.82) is 0 Å². The summed E-state index contributed by atoms with van der Waals surface area (Å²) in [6, 6.07) is 15.1. The van der Waals surface area contributed by atoms with E-state index >= 15 is 0 Å². The highest BCUT2D eigenvalue weighted by Gasteiger charge is 2.20. The molecule has 1 heterocycles. The maximum absolute atomic E-state index is 12.8. The molecular formula is C22H25N3O2S. The van der Waals surface area contributed by atoms with Crippen LogP contribution in [0, 0.1) is 0 Å². The number of aromatic nitrogens is 2. The van der Waals surface area contributed by atoms with Gasteiger partial charge in [-0.3, -0.25) is 14.2 Å². The third-order valence-electron chi connectivity index (χ3n) is 4.63. The predicted octanol–water partition coefficient (Wildman–Crippen LogP) is 4.66. The van der Waals surface area contributed by atoms with Gasteiger partial charge >= 0.3 is 0 Å². The first-order valence-electron chi connectivity index (χ1n) is 9.48. The Hall–Kier alpha value is -2.60. The summed E-state index contributed by atoms with van der Waals surface area (Å²) in [6.45, 7) is 8.44. The minimum atomic E-state index is -0.397. The first-order chi connectivity index (χ1) is 13.4. The fourth-order valence-electron chi connectivity index (χ4n) is 3.08. The topological polar surface area (TPSA) is 64.0 Å². The Kier molecular flexibility index (Phi) is 6.19. The second kappa shape index (κ2) is 8.61. The standard InChI is InChI=1S/C22H25N3O2S/c1-5-25-21(27)17-11-7-9-13-19(17)24-22(25)28-15(4)20(26)23-18-12-8-6-10-16(18)14(2)3/h6-15H,5H2,1-4H3,(H,23,26)/t15-/m1/s1. The van der Waals surface area contributed by atoms with Crippen molar-refractivity contribution in [2.75, 3.05) is 5.32 Å². The summed E-state index contributed by atoms with van der Waals surface area (Å²) in [5.41, 5.74) is 2.50. The average molecular weight is 396 g/mol. The zero-order chi connectivity index (χ0) is 20.3. The van der Waals surface area contributed by atoms with Crippen molar-refractivity contribution >= 4 is 34.3 Å². The third kappa shape index (κ3) is 4.12. The molecule has 1 aromatic heterocycles. The molecule has 1 amide bonds. The molecule has 0 fully saturated rings. The van der Waals surface area contributed by atoms with E-state index in [2.05, 4.69) is 24.1 Å². The molecule has 0 radical (unpaired) electrons. The highest BCUT2D eigenvalue weighted by molar-refractivity contribution is 8.00. The van der Waals surface area contributed by atoms with Crippen molar-refractivity contribution in [2.45, 2.75) is 50.6 Å². The van der Waals surface area contributed by atoms with Crippen molar-refractivity contribution < 1.29 is 4.79 Å². The number of carbonyl (C=O) groups is 1. The SMILES string of the molecule is CCn1c(S[C@H](C)C(=O)Nc2ccccc2C(C)C)nc2ccccc2c1=O. The predicted molar refractivity (Wildman–Crippen MR) is 116 cm³/mol. The number of nitrogens with zero attached hydrogens (tertiary/aromatic N) is 2. The Morgan fingerprint density at radius 3 is 2.50 bits per heavy atom. The van der Waals surface area contributed by atoms with Gasteiger partial charge in [-0.05, 0) is 43.5 Å². The van der Waals surface area contributed by atoms with Crippen LogP contribution in [0.1, 0.15) is 39.2 Å². The fraction of sp³-hybridized carbons (Fsp3) is 0.318. The van der Waals surface area contributed by atoms with E-state index in [4.69, 9.17) is 0 Å². The van der Waals surface area contributed by atoms with E-state index in [1.807, 2.05) is 56.3 Å². The van der Waals surface area contributed by atoms with E-state index in [0.29, 0.717) is 28.5 Å². The second-order valence-electron chi connectivity index (χ2n) is 6.95.